The van der Waals surface area contributed by atoms with Gasteiger partial charge in [-0.15, -0.1) is 0 Å². The first-order chi connectivity index (χ1) is 26.0. The molecule has 1 aromatic heterocycles. The molecule has 0 spiro atoms. The molecule has 0 radical (unpaired) electrons. The van der Waals surface area contributed by atoms with Gasteiger partial charge in [-0.25, -0.2) is 0 Å². The first kappa shape index (κ1) is 23.8. The summed E-state index contributed by atoms with van der Waals surface area (Å²) in [6, 6.07) is 52.9. The van der Waals surface area contributed by atoms with Crippen LogP contribution >= 0.6 is 0 Å². The Morgan fingerprint density at radius 1 is 0.347 bits per heavy atom. The van der Waals surface area contributed by atoms with E-state index in [1.807, 2.05) is 84.9 Å². The second kappa shape index (κ2) is 11.1. The lowest BCUT2D eigenvalue weighted by Crippen LogP contribution is -1.91. The standard InChI is InChI=1S/C48H30O/c1-2-12-32(13-3-1)47-40-17-6-8-19-42(40)48(43-20-9-7-18-41(43)47)38-16-10-15-34(28-38)37-23-25-39-44-29-36(24-26-45(44)49-46(39)30-37)35-22-21-31-11-4-5-14-33(31)27-35/h1-30H/i10D,15D,16D,28D. The van der Waals surface area contributed by atoms with Crippen LogP contribution in [0.25, 0.3) is 98.8 Å². The van der Waals surface area contributed by atoms with E-state index in [0.29, 0.717) is 22.3 Å². The van der Waals surface area contributed by atoms with Crippen LogP contribution in [0.15, 0.2) is 186 Å². The average molecular weight is 627 g/mol. The van der Waals surface area contributed by atoms with Crippen molar-refractivity contribution in [1.29, 1.82) is 0 Å². The van der Waals surface area contributed by atoms with Crippen LogP contribution in [0.2, 0.25) is 0 Å². The minimum atomic E-state index is -0.212. The molecular weight excluding hydrogens is 593 g/mol. The third-order valence-corrected chi connectivity index (χ3v) is 9.71. The summed E-state index contributed by atoms with van der Waals surface area (Å²) < 4.78 is 43.5. The fourth-order valence-electron chi connectivity index (χ4n) is 7.41. The van der Waals surface area contributed by atoms with E-state index >= 15 is 0 Å². The molecule has 0 unspecified atom stereocenters. The van der Waals surface area contributed by atoms with Gasteiger partial charge in [0, 0.05) is 10.8 Å². The first-order valence-corrected chi connectivity index (χ1v) is 16.5. The highest BCUT2D eigenvalue weighted by atomic mass is 16.3. The Labute approximate surface area is 289 Å². The van der Waals surface area contributed by atoms with Gasteiger partial charge in [-0.3, -0.25) is 0 Å². The fourth-order valence-corrected chi connectivity index (χ4v) is 7.41. The summed E-state index contributed by atoms with van der Waals surface area (Å²) >= 11 is 0. The van der Waals surface area contributed by atoms with Gasteiger partial charge in [0.15, 0.2) is 0 Å². The van der Waals surface area contributed by atoms with Crippen LogP contribution in [-0.4, -0.2) is 0 Å². The summed E-state index contributed by atoms with van der Waals surface area (Å²) in [5.74, 6) is 0. The van der Waals surface area contributed by atoms with Crippen molar-refractivity contribution in [2.24, 2.45) is 0 Å². The molecule has 49 heavy (non-hydrogen) atoms. The molecule has 0 aliphatic carbocycles. The third kappa shape index (κ3) is 4.55. The van der Waals surface area contributed by atoms with Crippen LogP contribution in [0.4, 0.5) is 0 Å². The Kier molecular flexibility index (Phi) is 5.38. The highest BCUT2D eigenvalue weighted by Crippen LogP contribution is 2.44. The number of furan rings is 1. The summed E-state index contributed by atoms with van der Waals surface area (Å²) in [5.41, 5.74) is 7.74. The van der Waals surface area contributed by atoms with E-state index < -0.39 is 0 Å². The van der Waals surface area contributed by atoms with Crippen LogP contribution in [-0.2, 0) is 0 Å². The van der Waals surface area contributed by atoms with Crippen LogP contribution in [0, 0.1) is 0 Å². The number of hydrogen-bond donors (Lipinski definition) is 0. The van der Waals surface area contributed by atoms with Gasteiger partial charge in [0.25, 0.3) is 0 Å². The molecule has 0 bridgehead atoms. The van der Waals surface area contributed by atoms with E-state index in [1.54, 1.807) is 0 Å². The Hall–Kier alpha value is -6.44. The van der Waals surface area contributed by atoms with Crippen molar-refractivity contribution in [3.05, 3.63) is 182 Å². The van der Waals surface area contributed by atoms with Gasteiger partial charge in [-0.2, -0.15) is 0 Å². The van der Waals surface area contributed by atoms with E-state index in [0.717, 1.165) is 65.7 Å². The molecule has 0 N–H and O–H groups in total. The Morgan fingerprint density at radius 2 is 0.918 bits per heavy atom. The smallest absolute Gasteiger partial charge is 0.136 e. The zero-order chi connectivity index (χ0) is 35.8. The SMILES string of the molecule is [2H]c1c([2H])c(-c2ccc3c(c2)oc2ccc(-c4ccc5ccccc5c4)cc23)c([2H])c(-c2c3ccccc3c(-c3ccccc3)c3ccccc23)c1[2H]. The van der Waals surface area contributed by atoms with E-state index in [9.17, 15) is 2.74 Å². The van der Waals surface area contributed by atoms with Gasteiger partial charge in [0.2, 0.25) is 0 Å². The second-order valence-electron chi connectivity index (χ2n) is 12.5. The van der Waals surface area contributed by atoms with Crippen molar-refractivity contribution in [1.82, 2.24) is 0 Å². The number of benzene rings is 9. The average Bonchev–Trinajstić information content (AvgIpc) is 3.57. The molecule has 0 aliphatic rings. The van der Waals surface area contributed by atoms with Crippen molar-refractivity contribution in [2.75, 3.05) is 0 Å². The molecule has 0 saturated heterocycles. The minimum Gasteiger partial charge on any atom is -0.456 e. The van der Waals surface area contributed by atoms with E-state index in [-0.39, 0.29) is 24.2 Å². The van der Waals surface area contributed by atoms with Crippen molar-refractivity contribution in [3.63, 3.8) is 0 Å². The number of hydrogen-bond acceptors (Lipinski definition) is 1. The van der Waals surface area contributed by atoms with Gasteiger partial charge in [0.1, 0.15) is 11.2 Å². The monoisotopic (exact) mass is 626 g/mol. The van der Waals surface area contributed by atoms with Crippen LogP contribution in [0.5, 0.6) is 0 Å². The lowest BCUT2D eigenvalue weighted by atomic mass is 9.85. The summed E-state index contributed by atoms with van der Waals surface area (Å²) in [4.78, 5) is 0. The van der Waals surface area contributed by atoms with Crippen molar-refractivity contribution in [3.8, 4) is 44.5 Å². The van der Waals surface area contributed by atoms with Gasteiger partial charge < -0.3 is 4.42 Å². The zero-order valence-electron chi connectivity index (χ0n) is 30.4. The molecule has 0 fully saturated rings. The molecule has 1 nitrogen and oxygen atoms in total. The third-order valence-electron chi connectivity index (χ3n) is 9.71. The topological polar surface area (TPSA) is 13.1 Å². The van der Waals surface area contributed by atoms with E-state index in [2.05, 4.69) is 72.8 Å². The van der Waals surface area contributed by atoms with Gasteiger partial charge in [-0.05, 0) is 113 Å². The molecule has 9 aromatic carbocycles. The summed E-state index contributed by atoms with van der Waals surface area (Å²) in [6.07, 6.45) is 0. The molecule has 0 aliphatic heterocycles. The largest absolute Gasteiger partial charge is 0.456 e. The van der Waals surface area contributed by atoms with Crippen molar-refractivity contribution < 1.29 is 9.90 Å². The molecule has 1 heterocycles. The van der Waals surface area contributed by atoms with Gasteiger partial charge in [-0.1, -0.05) is 146 Å². The van der Waals surface area contributed by atoms with E-state index in [4.69, 9.17) is 7.16 Å². The summed E-state index contributed by atoms with van der Waals surface area (Å²) in [7, 11) is 0. The fraction of sp³-hybridized carbons (Fsp3) is 0. The maximum Gasteiger partial charge on any atom is 0.136 e. The van der Waals surface area contributed by atoms with Gasteiger partial charge >= 0.3 is 0 Å². The Bertz CT molecular complexity index is 3050. The maximum atomic E-state index is 9.71. The predicted octanol–water partition coefficient (Wildman–Crippen LogP) is 13.7. The van der Waals surface area contributed by atoms with Crippen molar-refractivity contribution >= 4 is 54.3 Å². The molecule has 10 rings (SSSR count). The molecule has 228 valence electrons. The van der Waals surface area contributed by atoms with Crippen LogP contribution in [0.3, 0.4) is 0 Å². The molecule has 10 aromatic rings. The highest BCUT2D eigenvalue weighted by Gasteiger charge is 2.17. The second-order valence-corrected chi connectivity index (χ2v) is 12.5. The Morgan fingerprint density at radius 3 is 1.67 bits per heavy atom. The lowest BCUT2D eigenvalue weighted by molar-refractivity contribution is 0.669. The zero-order valence-corrected chi connectivity index (χ0v) is 26.4. The maximum absolute atomic E-state index is 9.71. The summed E-state index contributed by atoms with van der Waals surface area (Å²) in [5, 5.41) is 8.08. The molecule has 0 saturated carbocycles. The molecule has 0 amide bonds. The normalized spacial score (nSPS) is 12.8. The highest BCUT2D eigenvalue weighted by molar-refractivity contribution is 6.21. The molecular formula is C48H30O. The van der Waals surface area contributed by atoms with Crippen LogP contribution in [0.1, 0.15) is 5.48 Å². The Balaban J connectivity index is 1.17. The molecule has 1 heteroatoms. The minimum absolute atomic E-state index is 0.0489. The van der Waals surface area contributed by atoms with Crippen molar-refractivity contribution in [2.45, 2.75) is 0 Å². The predicted molar refractivity (Wildman–Crippen MR) is 208 cm³/mol. The van der Waals surface area contributed by atoms with Gasteiger partial charge in [0.05, 0.1) is 5.48 Å². The molecule has 0 atom stereocenters. The number of fused-ring (bicyclic) bond motifs is 6. The van der Waals surface area contributed by atoms with Crippen LogP contribution < -0.4 is 0 Å². The quantitative estimate of drug-likeness (QED) is 0.177. The first-order valence-electron chi connectivity index (χ1n) is 18.5. The number of rotatable bonds is 4. The summed E-state index contributed by atoms with van der Waals surface area (Å²) in [6.45, 7) is 0. The lowest BCUT2D eigenvalue weighted by Gasteiger charge is -2.18. The van der Waals surface area contributed by atoms with E-state index in [1.165, 1.54) is 10.8 Å².